The summed E-state index contributed by atoms with van der Waals surface area (Å²) < 4.78 is 0. The number of benzene rings is 1. The van der Waals surface area contributed by atoms with E-state index in [1.54, 1.807) is 24.2 Å². The minimum atomic E-state index is 0.0985. The molecule has 22 heavy (non-hydrogen) atoms. The fourth-order valence-corrected chi connectivity index (χ4v) is 3.07. The van der Waals surface area contributed by atoms with Gasteiger partial charge in [0.05, 0.1) is 11.8 Å². The van der Waals surface area contributed by atoms with Crippen molar-refractivity contribution in [1.82, 2.24) is 10.3 Å². The first kappa shape index (κ1) is 16.6. The van der Waals surface area contributed by atoms with Gasteiger partial charge < -0.3 is 5.32 Å². The molecule has 1 aromatic carbocycles. The zero-order chi connectivity index (χ0) is 15.6. The second-order valence-electron chi connectivity index (χ2n) is 5.17. The number of carbonyl (C=O) groups excluding carboxylic acids is 1. The Balaban J connectivity index is 1.81. The standard InChI is InChI=1S/C18H22N2OS/c1-2-6-17(16-7-4-3-5-8-16)20-18(21)14-22-13-15-9-11-19-12-10-15/h3-5,7-12,17H,2,6,13-14H2,1H3,(H,20,21)/t17-/m0/s1. The lowest BCUT2D eigenvalue weighted by molar-refractivity contribution is -0.119. The van der Waals surface area contributed by atoms with Crippen LogP contribution in [0.5, 0.6) is 0 Å². The van der Waals surface area contributed by atoms with E-state index >= 15 is 0 Å². The molecule has 3 nitrogen and oxygen atoms in total. The van der Waals surface area contributed by atoms with E-state index in [1.165, 1.54) is 11.1 Å². The number of hydrogen-bond donors (Lipinski definition) is 1. The van der Waals surface area contributed by atoms with Crippen LogP contribution in [0.15, 0.2) is 54.9 Å². The molecule has 0 saturated heterocycles. The number of amides is 1. The van der Waals surface area contributed by atoms with Gasteiger partial charge in [-0.2, -0.15) is 0 Å². The molecule has 0 spiro atoms. The Morgan fingerprint density at radius 2 is 1.91 bits per heavy atom. The van der Waals surface area contributed by atoms with Crippen LogP contribution in [0.2, 0.25) is 0 Å². The molecule has 0 unspecified atom stereocenters. The summed E-state index contributed by atoms with van der Waals surface area (Å²) in [4.78, 5) is 16.1. The summed E-state index contributed by atoms with van der Waals surface area (Å²) in [6, 6.07) is 14.3. The highest BCUT2D eigenvalue weighted by molar-refractivity contribution is 7.99. The molecule has 2 aromatic rings. The van der Waals surface area contributed by atoms with Gasteiger partial charge in [-0.05, 0) is 29.7 Å². The van der Waals surface area contributed by atoms with Crippen LogP contribution >= 0.6 is 11.8 Å². The fourth-order valence-electron chi connectivity index (χ4n) is 2.27. The van der Waals surface area contributed by atoms with Crippen molar-refractivity contribution >= 4 is 17.7 Å². The number of thioether (sulfide) groups is 1. The average Bonchev–Trinajstić information content (AvgIpc) is 2.56. The Kier molecular flexibility index (Phi) is 6.97. The molecule has 0 aliphatic heterocycles. The van der Waals surface area contributed by atoms with Gasteiger partial charge in [-0.15, -0.1) is 11.8 Å². The van der Waals surface area contributed by atoms with Crippen LogP contribution in [0.1, 0.15) is 36.9 Å². The smallest absolute Gasteiger partial charge is 0.230 e. The van der Waals surface area contributed by atoms with Crippen LogP contribution in [0.3, 0.4) is 0 Å². The molecular formula is C18H22N2OS. The number of rotatable bonds is 8. The number of hydrogen-bond acceptors (Lipinski definition) is 3. The van der Waals surface area contributed by atoms with E-state index in [-0.39, 0.29) is 11.9 Å². The summed E-state index contributed by atoms with van der Waals surface area (Å²) in [6.45, 7) is 2.14. The third-order valence-corrected chi connectivity index (χ3v) is 4.37. The molecule has 1 amide bonds. The maximum Gasteiger partial charge on any atom is 0.230 e. The van der Waals surface area contributed by atoms with Crippen molar-refractivity contribution in [1.29, 1.82) is 0 Å². The largest absolute Gasteiger partial charge is 0.349 e. The summed E-state index contributed by atoms with van der Waals surface area (Å²) in [6.07, 6.45) is 5.57. The third-order valence-electron chi connectivity index (χ3n) is 3.37. The molecule has 0 aliphatic carbocycles. The highest BCUT2D eigenvalue weighted by Gasteiger charge is 2.13. The monoisotopic (exact) mass is 314 g/mol. The summed E-state index contributed by atoms with van der Waals surface area (Å²) in [7, 11) is 0. The number of aromatic nitrogens is 1. The zero-order valence-electron chi connectivity index (χ0n) is 12.9. The Morgan fingerprint density at radius 1 is 1.18 bits per heavy atom. The van der Waals surface area contributed by atoms with Crippen LogP contribution in [-0.2, 0) is 10.5 Å². The normalized spacial score (nSPS) is 11.9. The van der Waals surface area contributed by atoms with E-state index in [4.69, 9.17) is 0 Å². The predicted molar refractivity (Wildman–Crippen MR) is 92.6 cm³/mol. The van der Waals surface area contributed by atoms with E-state index in [2.05, 4.69) is 29.4 Å². The Bertz CT molecular complexity index is 560. The highest BCUT2D eigenvalue weighted by Crippen LogP contribution is 2.18. The highest BCUT2D eigenvalue weighted by atomic mass is 32.2. The third kappa shape index (κ3) is 5.53. The lowest BCUT2D eigenvalue weighted by atomic mass is 10.0. The number of nitrogens with zero attached hydrogens (tertiary/aromatic N) is 1. The van der Waals surface area contributed by atoms with Gasteiger partial charge in [0.1, 0.15) is 0 Å². The van der Waals surface area contributed by atoms with E-state index in [0.717, 1.165) is 18.6 Å². The van der Waals surface area contributed by atoms with Gasteiger partial charge in [0.25, 0.3) is 0 Å². The van der Waals surface area contributed by atoms with Crippen molar-refractivity contribution in [2.45, 2.75) is 31.6 Å². The Morgan fingerprint density at radius 3 is 2.59 bits per heavy atom. The van der Waals surface area contributed by atoms with E-state index in [0.29, 0.717) is 5.75 Å². The first-order chi connectivity index (χ1) is 10.8. The molecule has 0 bridgehead atoms. The van der Waals surface area contributed by atoms with Gasteiger partial charge in [-0.3, -0.25) is 9.78 Å². The second-order valence-corrected chi connectivity index (χ2v) is 6.15. The van der Waals surface area contributed by atoms with Crippen LogP contribution in [0, 0.1) is 0 Å². The van der Waals surface area contributed by atoms with Crippen molar-refractivity contribution in [2.75, 3.05) is 5.75 Å². The number of carbonyl (C=O) groups is 1. The second kappa shape index (κ2) is 9.26. The Labute approximate surface area is 136 Å². The van der Waals surface area contributed by atoms with Crippen LogP contribution in [0.4, 0.5) is 0 Å². The number of nitrogens with one attached hydrogen (secondary N) is 1. The number of pyridine rings is 1. The van der Waals surface area contributed by atoms with E-state index < -0.39 is 0 Å². The van der Waals surface area contributed by atoms with Crippen LogP contribution in [-0.4, -0.2) is 16.6 Å². The van der Waals surface area contributed by atoms with Gasteiger partial charge in [0.2, 0.25) is 5.91 Å². The molecule has 1 heterocycles. The van der Waals surface area contributed by atoms with Gasteiger partial charge in [0.15, 0.2) is 0 Å². The minimum absolute atomic E-state index is 0.0985. The average molecular weight is 314 g/mol. The molecule has 0 saturated carbocycles. The van der Waals surface area contributed by atoms with Gasteiger partial charge in [0, 0.05) is 18.1 Å². The first-order valence-corrected chi connectivity index (χ1v) is 8.76. The minimum Gasteiger partial charge on any atom is -0.349 e. The van der Waals surface area contributed by atoms with Crippen LogP contribution in [0.25, 0.3) is 0 Å². The summed E-state index contributed by atoms with van der Waals surface area (Å²) in [5.41, 5.74) is 2.37. The molecule has 1 N–H and O–H groups in total. The lowest BCUT2D eigenvalue weighted by Crippen LogP contribution is -2.30. The van der Waals surface area contributed by atoms with Crippen molar-refractivity contribution < 1.29 is 4.79 Å². The van der Waals surface area contributed by atoms with Gasteiger partial charge in [-0.1, -0.05) is 43.7 Å². The van der Waals surface area contributed by atoms with Gasteiger partial charge >= 0.3 is 0 Å². The first-order valence-electron chi connectivity index (χ1n) is 7.60. The molecule has 2 rings (SSSR count). The Hall–Kier alpha value is -1.81. The summed E-state index contributed by atoms with van der Waals surface area (Å²) >= 11 is 1.63. The van der Waals surface area contributed by atoms with Crippen molar-refractivity contribution in [3.8, 4) is 0 Å². The maximum atomic E-state index is 12.1. The topological polar surface area (TPSA) is 42.0 Å². The molecular weight excluding hydrogens is 292 g/mol. The molecule has 0 radical (unpaired) electrons. The maximum absolute atomic E-state index is 12.1. The molecule has 1 atom stereocenters. The van der Waals surface area contributed by atoms with E-state index in [1.807, 2.05) is 30.3 Å². The van der Waals surface area contributed by atoms with Crippen molar-refractivity contribution in [2.24, 2.45) is 0 Å². The quantitative estimate of drug-likeness (QED) is 0.801. The van der Waals surface area contributed by atoms with Crippen LogP contribution < -0.4 is 5.32 Å². The summed E-state index contributed by atoms with van der Waals surface area (Å²) in [5.74, 6) is 1.41. The van der Waals surface area contributed by atoms with Crippen molar-refractivity contribution in [3.05, 3.63) is 66.0 Å². The van der Waals surface area contributed by atoms with Gasteiger partial charge in [-0.25, -0.2) is 0 Å². The fraction of sp³-hybridized carbons (Fsp3) is 0.333. The molecule has 4 heteroatoms. The zero-order valence-corrected chi connectivity index (χ0v) is 13.7. The predicted octanol–water partition coefficient (Wildman–Crippen LogP) is 3.97. The molecule has 0 aliphatic rings. The van der Waals surface area contributed by atoms with Crippen molar-refractivity contribution in [3.63, 3.8) is 0 Å². The van der Waals surface area contributed by atoms with E-state index in [9.17, 15) is 4.79 Å². The summed E-state index contributed by atoms with van der Waals surface area (Å²) in [5, 5.41) is 3.15. The molecule has 0 fully saturated rings. The molecule has 1 aromatic heterocycles. The SMILES string of the molecule is CCC[C@H](NC(=O)CSCc1ccncc1)c1ccccc1. The lowest BCUT2D eigenvalue weighted by Gasteiger charge is -2.18. The molecule has 116 valence electrons.